The second-order valence-electron chi connectivity index (χ2n) is 3.16. The third kappa shape index (κ3) is 5.31. The summed E-state index contributed by atoms with van der Waals surface area (Å²) in [5.41, 5.74) is 0. The van der Waals surface area contributed by atoms with E-state index in [9.17, 15) is 0 Å². The van der Waals surface area contributed by atoms with E-state index in [0.29, 0.717) is 0 Å². The van der Waals surface area contributed by atoms with Crippen LogP contribution in [0.5, 0.6) is 0 Å². The van der Waals surface area contributed by atoms with E-state index in [0.717, 1.165) is 30.4 Å². The van der Waals surface area contributed by atoms with Gasteiger partial charge in [0.25, 0.3) is 5.84 Å². The molecule has 0 rings (SSSR count). The van der Waals surface area contributed by atoms with Gasteiger partial charge in [-0.25, -0.2) is 0 Å². The molecule has 0 aliphatic rings. The fourth-order valence-electron chi connectivity index (χ4n) is 1.60. The molecule has 5 heteroatoms. The molecule has 0 unspecified atom stereocenters. The van der Waals surface area contributed by atoms with Crippen LogP contribution in [0.25, 0.3) is 0 Å². The Bertz CT molecular complexity index is 232. The van der Waals surface area contributed by atoms with Gasteiger partial charge in [0.2, 0.25) is 0 Å². The summed E-state index contributed by atoms with van der Waals surface area (Å²) in [5.74, 6) is 1.23. The standard InChI is InChI=1S/C11H23N2S2.HI/c1-6-12(7-2)10(11(14)15-5)13(8-3)9-4;/h6-9H2,1-5H3;1H/q+1;/p-1. The molecule has 2 nitrogen and oxygen atoms in total. The molecule has 16 heavy (non-hydrogen) atoms. The van der Waals surface area contributed by atoms with Crippen molar-refractivity contribution in [2.75, 3.05) is 32.4 Å². The van der Waals surface area contributed by atoms with Gasteiger partial charge in [-0.1, -0.05) is 12.2 Å². The highest BCUT2D eigenvalue weighted by Gasteiger charge is 2.23. The van der Waals surface area contributed by atoms with Crippen LogP contribution in [-0.2, 0) is 0 Å². The van der Waals surface area contributed by atoms with Gasteiger partial charge in [0.05, 0.1) is 26.2 Å². The van der Waals surface area contributed by atoms with E-state index in [2.05, 4.69) is 43.4 Å². The number of halogens is 1. The Morgan fingerprint density at radius 2 is 1.56 bits per heavy atom. The van der Waals surface area contributed by atoms with Crippen molar-refractivity contribution in [1.29, 1.82) is 0 Å². The number of nitrogens with zero attached hydrogens (tertiary/aromatic N) is 2. The lowest BCUT2D eigenvalue weighted by Gasteiger charge is -2.19. The zero-order chi connectivity index (χ0) is 11.8. The van der Waals surface area contributed by atoms with Crippen LogP contribution in [0.4, 0.5) is 0 Å². The van der Waals surface area contributed by atoms with Crippen LogP contribution < -0.4 is 24.0 Å². The number of amidine groups is 1. The van der Waals surface area contributed by atoms with E-state index >= 15 is 0 Å². The molecule has 0 saturated carbocycles. The molecule has 0 aliphatic carbocycles. The van der Waals surface area contributed by atoms with Crippen LogP contribution in [0.1, 0.15) is 27.7 Å². The second-order valence-corrected chi connectivity index (χ2v) is 4.64. The van der Waals surface area contributed by atoms with Crippen LogP contribution in [0.15, 0.2) is 0 Å². The van der Waals surface area contributed by atoms with Crippen LogP contribution in [0.2, 0.25) is 0 Å². The molecule has 0 aliphatic heterocycles. The zero-order valence-electron chi connectivity index (χ0n) is 10.9. The Morgan fingerprint density at radius 3 is 1.81 bits per heavy atom. The van der Waals surface area contributed by atoms with Gasteiger partial charge in [0, 0.05) is 0 Å². The van der Waals surface area contributed by atoms with Crippen molar-refractivity contribution in [3.05, 3.63) is 0 Å². The summed E-state index contributed by atoms with van der Waals surface area (Å²) in [6.45, 7) is 12.8. The minimum atomic E-state index is 0. The van der Waals surface area contributed by atoms with E-state index in [1.165, 1.54) is 5.84 Å². The third-order valence-electron chi connectivity index (χ3n) is 2.49. The van der Waals surface area contributed by atoms with Crippen LogP contribution in [0.3, 0.4) is 0 Å². The lowest BCUT2D eigenvalue weighted by molar-refractivity contribution is -0.523. The molecule has 0 radical (unpaired) electrons. The summed E-state index contributed by atoms with van der Waals surface area (Å²) in [5, 5.41) is 0. The SMILES string of the molecule is CCN(CC)C(C(=S)SC)=[N+](CC)CC.[I-]. The minimum absolute atomic E-state index is 0. The second kappa shape index (κ2) is 10.8. The largest absolute Gasteiger partial charge is 1.00 e. The Kier molecular flexibility index (Phi) is 12.8. The van der Waals surface area contributed by atoms with Crippen molar-refractivity contribution in [1.82, 2.24) is 4.90 Å². The summed E-state index contributed by atoms with van der Waals surface area (Å²) in [7, 11) is 0. The molecule has 0 spiro atoms. The molecule has 0 saturated heterocycles. The molecule has 96 valence electrons. The predicted molar refractivity (Wildman–Crippen MR) is 75.4 cm³/mol. The average molecular weight is 374 g/mol. The molecular formula is C11H23IN2S2. The van der Waals surface area contributed by atoms with Crippen LogP contribution >= 0.6 is 24.0 Å². The van der Waals surface area contributed by atoms with Gasteiger partial charge < -0.3 is 24.0 Å². The number of rotatable bonds is 4. The van der Waals surface area contributed by atoms with Gasteiger partial charge in [-0.2, -0.15) is 0 Å². The Labute approximate surface area is 127 Å². The third-order valence-corrected chi connectivity index (χ3v) is 3.73. The topological polar surface area (TPSA) is 6.25 Å². The Hall–Kier alpha value is 0.640. The number of thioether (sulfide) groups is 1. The van der Waals surface area contributed by atoms with Gasteiger partial charge in [-0.15, -0.1) is 11.8 Å². The van der Waals surface area contributed by atoms with Crippen LogP contribution in [0, 0.1) is 0 Å². The number of hydrogen-bond donors (Lipinski definition) is 0. The maximum absolute atomic E-state index is 5.44. The van der Waals surface area contributed by atoms with Crippen LogP contribution in [-0.4, -0.2) is 51.9 Å². The minimum Gasteiger partial charge on any atom is -1.00 e. The first-order valence-electron chi connectivity index (χ1n) is 5.61. The molecular weight excluding hydrogens is 351 g/mol. The fraction of sp³-hybridized carbons (Fsp3) is 0.818. The smallest absolute Gasteiger partial charge is 0.296 e. The van der Waals surface area contributed by atoms with Gasteiger partial charge in [0.1, 0.15) is 0 Å². The monoisotopic (exact) mass is 374 g/mol. The molecule has 0 fully saturated rings. The summed E-state index contributed by atoms with van der Waals surface area (Å²) in [6, 6.07) is 0. The summed E-state index contributed by atoms with van der Waals surface area (Å²) in [6.07, 6.45) is 2.05. The predicted octanol–water partition coefficient (Wildman–Crippen LogP) is -0.527. The Morgan fingerprint density at radius 1 is 1.12 bits per heavy atom. The van der Waals surface area contributed by atoms with Crippen molar-refractivity contribution >= 4 is 34.0 Å². The number of hydrogen-bond acceptors (Lipinski definition) is 2. The van der Waals surface area contributed by atoms with Crippen molar-refractivity contribution in [3.8, 4) is 0 Å². The summed E-state index contributed by atoms with van der Waals surface area (Å²) in [4.78, 5) is 2.34. The molecule has 0 heterocycles. The normalized spacial score (nSPS) is 9.31. The first-order valence-corrected chi connectivity index (χ1v) is 7.24. The van der Waals surface area contributed by atoms with Gasteiger partial charge in [-0.05, 0) is 34.0 Å². The zero-order valence-corrected chi connectivity index (χ0v) is 14.7. The lowest BCUT2D eigenvalue weighted by atomic mass is 10.4. The molecule has 0 atom stereocenters. The van der Waals surface area contributed by atoms with E-state index in [-0.39, 0.29) is 24.0 Å². The molecule has 0 aromatic carbocycles. The molecule has 0 amide bonds. The first-order chi connectivity index (χ1) is 7.15. The average Bonchev–Trinajstić information content (AvgIpc) is 2.28. The quantitative estimate of drug-likeness (QED) is 0.215. The lowest BCUT2D eigenvalue weighted by Crippen LogP contribution is -3.00. The highest BCUT2D eigenvalue weighted by molar-refractivity contribution is 8.24. The van der Waals surface area contributed by atoms with Gasteiger partial charge in [0.15, 0.2) is 4.20 Å². The van der Waals surface area contributed by atoms with Crippen molar-refractivity contribution in [2.24, 2.45) is 0 Å². The molecule has 0 bridgehead atoms. The highest BCUT2D eigenvalue weighted by atomic mass is 127. The van der Waals surface area contributed by atoms with E-state index < -0.39 is 0 Å². The van der Waals surface area contributed by atoms with Gasteiger partial charge in [-0.3, -0.25) is 9.48 Å². The van der Waals surface area contributed by atoms with E-state index in [4.69, 9.17) is 12.2 Å². The summed E-state index contributed by atoms with van der Waals surface area (Å²) >= 11 is 7.10. The summed E-state index contributed by atoms with van der Waals surface area (Å²) < 4.78 is 3.34. The van der Waals surface area contributed by atoms with Crippen molar-refractivity contribution in [2.45, 2.75) is 27.7 Å². The molecule has 0 N–H and O–H groups in total. The molecule has 0 aromatic heterocycles. The fourth-order valence-corrected chi connectivity index (χ4v) is 2.29. The first kappa shape index (κ1) is 19.0. The molecule has 0 aromatic rings. The van der Waals surface area contributed by atoms with Crippen molar-refractivity contribution in [3.63, 3.8) is 0 Å². The van der Waals surface area contributed by atoms with Crippen molar-refractivity contribution < 1.29 is 28.6 Å². The number of thiocarbonyl (C=S) groups is 1. The maximum Gasteiger partial charge on any atom is 0.296 e. The van der Waals surface area contributed by atoms with E-state index in [1.54, 1.807) is 11.8 Å². The van der Waals surface area contributed by atoms with Gasteiger partial charge >= 0.3 is 0 Å². The highest BCUT2D eigenvalue weighted by Crippen LogP contribution is 2.05. The maximum atomic E-state index is 5.44. The Balaban J connectivity index is 0. The van der Waals surface area contributed by atoms with E-state index in [1.807, 2.05) is 0 Å².